The molecule has 0 radical (unpaired) electrons. The Kier molecular flexibility index (Phi) is 1.61. The monoisotopic (exact) mass is 160 g/mol. The predicted molar refractivity (Wildman–Crippen MR) is 49.3 cm³/mol. The van der Waals surface area contributed by atoms with Crippen LogP contribution in [-0.2, 0) is 6.42 Å². The van der Waals surface area contributed by atoms with Crippen LogP contribution in [0.2, 0.25) is 0 Å². The minimum atomic E-state index is 1.03. The first-order valence-electron chi connectivity index (χ1n) is 4.24. The summed E-state index contributed by atoms with van der Waals surface area (Å²) in [5, 5.41) is 0. The Labute approximate surface area is 71.9 Å². The average molecular weight is 160 g/mol. The lowest BCUT2D eigenvalue weighted by Gasteiger charge is -1.96. The maximum atomic E-state index is 4.35. The van der Waals surface area contributed by atoms with Crippen molar-refractivity contribution in [2.24, 2.45) is 0 Å². The van der Waals surface area contributed by atoms with Crippen LogP contribution in [0.4, 0.5) is 0 Å². The van der Waals surface area contributed by atoms with Gasteiger partial charge in [0, 0.05) is 12.4 Å². The van der Waals surface area contributed by atoms with Crippen molar-refractivity contribution in [3.63, 3.8) is 0 Å². The number of nitrogens with zero attached hydrogens (tertiary/aromatic N) is 2. The van der Waals surface area contributed by atoms with E-state index in [1.807, 2.05) is 6.92 Å². The molecule has 0 aliphatic rings. The molecule has 2 heterocycles. The Hall–Kier alpha value is -1.31. The molecule has 62 valence electrons. The average Bonchev–Trinajstić information content (AvgIpc) is 2.43. The van der Waals surface area contributed by atoms with Gasteiger partial charge in [-0.15, -0.1) is 0 Å². The van der Waals surface area contributed by atoms with Crippen molar-refractivity contribution < 1.29 is 0 Å². The van der Waals surface area contributed by atoms with Gasteiger partial charge in [-0.25, -0.2) is 4.98 Å². The molecule has 0 bridgehead atoms. The number of aromatic nitrogens is 2. The van der Waals surface area contributed by atoms with Gasteiger partial charge in [0.25, 0.3) is 0 Å². The molecular weight excluding hydrogens is 148 g/mol. The number of hydrogen-bond donors (Lipinski definition) is 0. The van der Waals surface area contributed by atoms with E-state index in [0.717, 1.165) is 17.8 Å². The van der Waals surface area contributed by atoms with E-state index in [9.17, 15) is 0 Å². The molecule has 2 heteroatoms. The van der Waals surface area contributed by atoms with E-state index in [1.165, 1.54) is 5.56 Å². The first-order valence-corrected chi connectivity index (χ1v) is 4.24. The highest BCUT2D eigenvalue weighted by molar-refractivity contribution is 5.41. The molecule has 0 N–H and O–H groups in total. The molecule has 2 aromatic heterocycles. The van der Waals surface area contributed by atoms with E-state index >= 15 is 0 Å². The molecule has 0 fully saturated rings. The van der Waals surface area contributed by atoms with E-state index in [1.54, 1.807) is 0 Å². The van der Waals surface area contributed by atoms with Crippen molar-refractivity contribution in [1.82, 2.24) is 9.38 Å². The maximum Gasteiger partial charge on any atom is 0.136 e. The van der Waals surface area contributed by atoms with Crippen LogP contribution in [0.1, 0.15) is 18.2 Å². The molecule has 12 heavy (non-hydrogen) atoms. The predicted octanol–water partition coefficient (Wildman–Crippen LogP) is 2.21. The smallest absolute Gasteiger partial charge is 0.136 e. The lowest BCUT2D eigenvalue weighted by Crippen LogP contribution is -1.86. The van der Waals surface area contributed by atoms with Gasteiger partial charge in [-0.05, 0) is 25.0 Å². The number of rotatable bonds is 1. The van der Waals surface area contributed by atoms with Crippen molar-refractivity contribution in [3.05, 3.63) is 35.8 Å². The second kappa shape index (κ2) is 2.63. The standard InChI is InChI=1S/C10H12N2/c1-3-9-4-5-10-11-8(2)6-12(10)7-9/h4-7H,3H2,1-2H3. The SMILES string of the molecule is CCc1ccc2nc(C)cn2c1. The minimum absolute atomic E-state index is 1.03. The van der Waals surface area contributed by atoms with Crippen molar-refractivity contribution in [2.45, 2.75) is 20.3 Å². The molecule has 2 rings (SSSR count). The van der Waals surface area contributed by atoms with Gasteiger partial charge in [-0.2, -0.15) is 0 Å². The van der Waals surface area contributed by atoms with E-state index in [0.29, 0.717) is 0 Å². The zero-order valence-corrected chi connectivity index (χ0v) is 7.41. The lowest BCUT2D eigenvalue weighted by molar-refractivity contribution is 1.07. The van der Waals surface area contributed by atoms with Crippen molar-refractivity contribution >= 4 is 5.65 Å². The van der Waals surface area contributed by atoms with Gasteiger partial charge < -0.3 is 4.40 Å². The van der Waals surface area contributed by atoms with E-state index in [-0.39, 0.29) is 0 Å². The summed E-state index contributed by atoms with van der Waals surface area (Å²) >= 11 is 0. The molecule has 0 saturated carbocycles. The van der Waals surface area contributed by atoms with Gasteiger partial charge in [-0.1, -0.05) is 13.0 Å². The molecule has 0 aromatic carbocycles. The van der Waals surface area contributed by atoms with Crippen LogP contribution >= 0.6 is 0 Å². The summed E-state index contributed by atoms with van der Waals surface area (Å²) in [6.45, 7) is 4.17. The highest BCUT2D eigenvalue weighted by Crippen LogP contribution is 2.07. The largest absolute Gasteiger partial charge is 0.307 e. The Bertz CT molecular complexity index is 401. The number of pyridine rings is 1. The summed E-state index contributed by atoms with van der Waals surface area (Å²) in [6.07, 6.45) is 5.26. The van der Waals surface area contributed by atoms with Gasteiger partial charge >= 0.3 is 0 Å². The van der Waals surface area contributed by atoms with Crippen LogP contribution in [-0.4, -0.2) is 9.38 Å². The summed E-state index contributed by atoms with van der Waals surface area (Å²) in [5.41, 5.74) is 3.45. The lowest BCUT2D eigenvalue weighted by atomic mass is 10.2. The molecular formula is C10H12N2. The highest BCUT2D eigenvalue weighted by atomic mass is 15.0. The molecule has 2 nitrogen and oxygen atoms in total. The molecule has 0 unspecified atom stereocenters. The highest BCUT2D eigenvalue weighted by Gasteiger charge is 1.96. The van der Waals surface area contributed by atoms with Crippen LogP contribution in [0.25, 0.3) is 5.65 Å². The fraction of sp³-hybridized carbons (Fsp3) is 0.300. The molecule has 2 aromatic rings. The second-order valence-corrected chi connectivity index (χ2v) is 3.04. The van der Waals surface area contributed by atoms with Crippen molar-refractivity contribution in [3.8, 4) is 0 Å². The van der Waals surface area contributed by atoms with Gasteiger partial charge in [0.15, 0.2) is 0 Å². The molecule has 0 amide bonds. The number of hydrogen-bond acceptors (Lipinski definition) is 1. The van der Waals surface area contributed by atoms with Crippen molar-refractivity contribution in [2.75, 3.05) is 0 Å². The number of aryl methyl sites for hydroxylation is 2. The third-order valence-corrected chi connectivity index (χ3v) is 2.04. The third kappa shape index (κ3) is 1.09. The zero-order chi connectivity index (χ0) is 8.55. The summed E-state index contributed by atoms with van der Waals surface area (Å²) in [6, 6.07) is 4.19. The topological polar surface area (TPSA) is 17.3 Å². The van der Waals surface area contributed by atoms with Gasteiger partial charge in [0.05, 0.1) is 5.69 Å². The molecule has 0 saturated heterocycles. The fourth-order valence-corrected chi connectivity index (χ4v) is 1.37. The molecule has 0 aliphatic heterocycles. The van der Waals surface area contributed by atoms with Crippen LogP contribution < -0.4 is 0 Å². The zero-order valence-electron chi connectivity index (χ0n) is 7.41. The molecule has 0 aliphatic carbocycles. The molecule has 0 atom stereocenters. The second-order valence-electron chi connectivity index (χ2n) is 3.04. The Morgan fingerprint density at radius 1 is 1.33 bits per heavy atom. The minimum Gasteiger partial charge on any atom is -0.307 e. The van der Waals surface area contributed by atoms with Gasteiger partial charge in [-0.3, -0.25) is 0 Å². The Morgan fingerprint density at radius 2 is 2.17 bits per heavy atom. The normalized spacial score (nSPS) is 10.8. The summed E-state index contributed by atoms with van der Waals surface area (Å²) in [5.74, 6) is 0. The summed E-state index contributed by atoms with van der Waals surface area (Å²) in [4.78, 5) is 4.35. The number of fused-ring (bicyclic) bond motifs is 1. The van der Waals surface area contributed by atoms with Gasteiger partial charge in [0.1, 0.15) is 5.65 Å². The van der Waals surface area contributed by atoms with Crippen LogP contribution in [0.15, 0.2) is 24.5 Å². The van der Waals surface area contributed by atoms with Gasteiger partial charge in [0.2, 0.25) is 0 Å². The van der Waals surface area contributed by atoms with E-state index < -0.39 is 0 Å². The Balaban J connectivity index is 2.66. The van der Waals surface area contributed by atoms with E-state index in [4.69, 9.17) is 0 Å². The summed E-state index contributed by atoms with van der Waals surface area (Å²) < 4.78 is 2.08. The quantitative estimate of drug-likeness (QED) is 0.625. The van der Waals surface area contributed by atoms with Crippen LogP contribution in [0, 0.1) is 6.92 Å². The Morgan fingerprint density at radius 3 is 2.92 bits per heavy atom. The third-order valence-electron chi connectivity index (χ3n) is 2.04. The molecule has 0 spiro atoms. The van der Waals surface area contributed by atoms with Crippen molar-refractivity contribution in [1.29, 1.82) is 0 Å². The first-order chi connectivity index (χ1) is 5.79. The van der Waals surface area contributed by atoms with Crippen LogP contribution in [0.5, 0.6) is 0 Å². The maximum absolute atomic E-state index is 4.35. The first kappa shape index (κ1) is 7.35. The number of imidazole rings is 1. The fourth-order valence-electron chi connectivity index (χ4n) is 1.37. The van der Waals surface area contributed by atoms with Crippen LogP contribution in [0.3, 0.4) is 0 Å². The van der Waals surface area contributed by atoms with E-state index in [2.05, 4.69) is 40.8 Å². The summed E-state index contributed by atoms with van der Waals surface area (Å²) in [7, 11) is 0.